The second kappa shape index (κ2) is 7.23. The first-order chi connectivity index (χ1) is 12.4. The van der Waals surface area contributed by atoms with Crippen molar-refractivity contribution in [3.05, 3.63) is 33.1 Å². The summed E-state index contributed by atoms with van der Waals surface area (Å²) >= 11 is 0. The lowest BCUT2D eigenvalue weighted by Gasteiger charge is -2.29. The van der Waals surface area contributed by atoms with Gasteiger partial charge in [0.2, 0.25) is 0 Å². The molecule has 0 saturated carbocycles. The Morgan fingerprint density at radius 3 is 2.44 bits per heavy atom. The first kappa shape index (κ1) is 20.8. The van der Waals surface area contributed by atoms with E-state index in [0.717, 1.165) is 26.1 Å². The summed E-state index contributed by atoms with van der Waals surface area (Å²) in [7, 11) is -4.65. The molecular weight excluding hydrogens is 391 g/mol. The first-order valence-electron chi connectivity index (χ1n) is 7.54. The third kappa shape index (κ3) is 3.93. The third-order valence-corrected chi connectivity index (χ3v) is 5.35. The smallest absolute Gasteiger partial charge is 0.330 e. The molecule has 0 amide bonds. The van der Waals surface area contributed by atoms with Gasteiger partial charge in [-0.15, -0.1) is 0 Å². The second-order valence-corrected chi connectivity index (χ2v) is 8.02. The van der Waals surface area contributed by atoms with Gasteiger partial charge in [0.25, 0.3) is 10.6 Å². The number of H-pyrrole nitrogens is 1. The van der Waals surface area contributed by atoms with Crippen molar-refractivity contribution in [1.29, 1.82) is 0 Å². The zero-order valence-corrected chi connectivity index (χ0v) is 15.3. The van der Waals surface area contributed by atoms with Crippen LogP contribution in [-0.2, 0) is 33.6 Å². The molecule has 27 heavy (non-hydrogen) atoms. The molecule has 0 aliphatic carbocycles. The van der Waals surface area contributed by atoms with E-state index in [0.29, 0.717) is 10.8 Å². The van der Waals surface area contributed by atoms with Crippen molar-refractivity contribution in [3.63, 3.8) is 0 Å². The molecule has 0 bridgehead atoms. The van der Waals surface area contributed by atoms with E-state index >= 15 is 4.39 Å². The average molecular weight is 408 g/mol. The third-order valence-electron chi connectivity index (χ3n) is 3.78. The van der Waals surface area contributed by atoms with Crippen LogP contribution in [-0.4, -0.2) is 60.0 Å². The highest BCUT2D eigenvalue weighted by Gasteiger charge is 2.67. The number of sulfone groups is 1. The number of alkyl halides is 1. The Hall–Kier alpha value is -2.54. The van der Waals surface area contributed by atoms with Gasteiger partial charge >= 0.3 is 17.6 Å². The summed E-state index contributed by atoms with van der Waals surface area (Å²) in [5, 5.41) is -3.40. The van der Waals surface area contributed by atoms with Crippen molar-refractivity contribution < 1.29 is 36.6 Å². The van der Waals surface area contributed by atoms with Crippen LogP contribution in [0.3, 0.4) is 0 Å². The fraction of sp³-hybridized carbons (Fsp3) is 0.571. The molecule has 0 radical (unpaired) electrons. The normalized spacial score (nSPS) is 27.9. The maximum absolute atomic E-state index is 15.9. The molecule has 1 saturated heterocycles. The van der Waals surface area contributed by atoms with Crippen LogP contribution in [0.15, 0.2) is 21.9 Å². The summed E-state index contributed by atoms with van der Waals surface area (Å²) in [5.41, 5.74) is -1.95. The molecule has 4 atom stereocenters. The fourth-order valence-corrected chi connectivity index (χ4v) is 3.80. The monoisotopic (exact) mass is 408 g/mol. The molecule has 1 fully saturated rings. The van der Waals surface area contributed by atoms with Crippen LogP contribution in [0.4, 0.5) is 4.39 Å². The topological polar surface area (TPSA) is 151 Å². The van der Waals surface area contributed by atoms with Gasteiger partial charge in [-0.25, -0.2) is 17.6 Å². The number of ether oxygens (including phenoxy) is 3. The van der Waals surface area contributed by atoms with Gasteiger partial charge in [-0.05, 0) is 0 Å². The Bertz CT molecular complexity index is 969. The molecule has 0 aromatic carbocycles. The highest BCUT2D eigenvalue weighted by molar-refractivity contribution is 7.92. The zero-order chi connectivity index (χ0) is 20.6. The number of aromatic amines is 1. The number of nitrogens with one attached hydrogen (secondary N) is 1. The van der Waals surface area contributed by atoms with Crippen molar-refractivity contribution in [3.8, 4) is 0 Å². The van der Waals surface area contributed by atoms with Crippen LogP contribution in [0.25, 0.3) is 0 Å². The van der Waals surface area contributed by atoms with E-state index < -0.39 is 63.1 Å². The molecule has 2 heterocycles. The second-order valence-electron chi connectivity index (χ2n) is 5.85. The van der Waals surface area contributed by atoms with Crippen molar-refractivity contribution in [2.24, 2.45) is 0 Å². The van der Waals surface area contributed by atoms with Gasteiger partial charge in [-0.2, -0.15) is 0 Å². The molecule has 1 aliphatic heterocycles. The number of carbonyl (C=O) groups is 2. The average Bonchev–Trinajstić information content (AvgIpc) is 2.79. The van der Waals surface area contributed by atoms with Crippen LogP contribution in [0, 0.1) is 0 Å². The van der Waals surface area contributed by atoms with Crippen LogP contribution in [0.5, 0.6) is 0 Å². The van der Waals surface area contributed by atoms with Gasteiger partial charge in [0.1, 0.15) is 12.7 Å². The molecule has 2 rings (SSSR count). The summed E-state index contributed by atoms with van der Waals surface area (Å²) in [4.78, 5) is 47.5. The van der Waals surface area contributed by atoms with Crippen LogP contribution in [0.2, 0.25) is 0 Å². The molecule has 11 nitrogen and oxygen atoms in total. The van der Waals surface area contributed by atoms with Crippen molar-refractivity contribution in [2.45, 2.75) is 37.3 Å². The number of halogens is 1. The molecule has 1 aromatic rings. The highest BCUT2D eigenvalue weighted by atomic mass is 32.2. The predicted octanol–water partition coefficient (Wildman–Crippen LogP) is -1.36. The molecule has 13 heteroatoms. The summed E-state index contributed by atoms with van der Waals surface area (Å²) in [6, 6.07) is 0.855. The number of esters is 2. The Morgan fingerprint density at radius 2 is 1.96 bits per heavy atom. The number of hydrogen-bond acceptors (Lipinski definition) is 9. The maximum Gasteiger partial charge on any atom is 0.330 e. The lowest BCUT2D eigenvalue weighted by atomic mass is 10.1. The SMILES string of the molecule is CC(=O)OC[C@H]1O[C@@H](n2ccc(=O)[nH]c2=O)C(F)(S(C)(=O)=O)[C@@H]1OC(C)=O. The minimum atomic E-state index is -4.65. The van der Waals surface area contributed by atoms with E-state index in [1.807, 2.05) is 4.98 Å². The van der Waals surface area contributed by atoms with Gasteiger partial charge in [0.15, 0.2) is 22.2 Å². The molecule has 1 unspecified atom stereocenters. The number of hydrogen-bond donors (Lipinski definition) is 1. The molecule has 150 valence electrons. The van der Waals surface area contributed by atoms with Gasteiger partial charge in [-0.3, -0.25) is 23.9 Å². The van der Waals surface area contributed by atoms with Crippen LogP contribution < -0.4 is 11.2 Å². The Balaban J connectivity index is 2.63. The lowest BCUT2D eigenvalue weighted by Crippen LogP contribution is -2.52. The van der Waals surface area contributed by atoms with E-state index in [9.17, 15) is 27.6 Å². The van der Waals surface area contributed by atoms with Crippen LogP contribution >= 0.6 is 0 Å². The number of rotatable bonds is 5. The standard InChI is InChI=1S/C14H17FN2O9S/c1-7(18)24-6-9-11(25-8(2)19)14(15,27(3,22)23)12(26-9)17-5-4-10(20)16-13(17)21/h4-5,9,11-12H,6H2,1-3H3,(H,16,20,21)/t9-,11-,12-,14?/m1/s1. The van der Waals surface area contributed by atoms with Crippen molar-refractivity contribution in [1.82, 2.24) is 9.55 Å². The number of nitrogens with zero attached hydrogens (tertiary/aromatic N) is 1. The molecule has 1 N–H and O–H groups in total. The van der Waals surface area contributed by atoms with E-state index in [1.165, 1.54) is 0 Å². The molecule has 1 aromatic heterocycles. The van der Waals surface area contributed by atoms with Gasteiger partial charge < -0.3 is 14.2 Å². The zero-order valence-electron chi connectivity index (χ0n) is 14.5. The van der Waals surface area contributed by atoms with Crippen LogP contribution in [0.1, 0.15) is 20.1 Å². The van der Waals surface area contributed by atoms with E-state index in [4.69, 9.17) is 14.2 Å². The van der Waals surface area contributed by atoms with E-state index in [-0.39, 0.29) is 0 Å². The molecule has 0 spiro atoms. The quantitative estimate of drug-likeness (QED) is 0.582. The summed E-state index contributed by atoms with van der Waals surface area (Å²) < 4.78 is 55.7. The van der Waals surface area contributed by atoms with E-state index in [1.54, 1.807) is 0 Å². The van der Waals surface area contributed by atoms with Crippen molar-refractivity contribution in [2.75, 3.05) is 12.9 Å². The van der Waals surface area contributed by atoms with Crippen molar-refractivity contribution >= 4 is 21.8 Å². The largest absolute Gasteiger partial charge is 0.463 e. The van der Waals surface area contributed by atoms with Gasteiger partial charge in [0.05, 0.1) is 0 Å². The minimum absolute atomic E-state index is 0.507. The van der Waals surface area contributed by atoms with E-state index in [2.05, 4.69) is 0 Å². The fourth-order valence-electron chi connectivity index (χ4n) is 2.65. The number of aromatic nitrogens is 2. The lowest BCUT2D eigenvalue weighted by molar-refractivity contribution is -0.157. The Kier molecular flexibility index (Phi) is 5.56. The summed E-state index contributed by atoms with van der Waals surface area (Å²) in [6.45, 7) is 1.34. The summed E-state index contributed by atoms with van der Waals surface area (Å²) in [5.74, 6) is -1.79. The van der Waals surface area contributed by atoms with Gasteiger partial charge in [-0.1, -0.05) is 0 Å². The number of carbonyl (C=O) groups excluding carboxylic acids is 2. The summed E-state index contributed by atoms with van der Waals surface area (Å²) in [6.07, 6.45) is -4.30. The van der Waals surface area contributed by atoms with Gasteiger partial charge in [0, 0.05) is 32.4 Å². The Morgan fingerprint density at radius 1 is 1.33 bits per heavy atom. The maximum atomic E-state index is 15.9. The molecular formula is C14H17FN2O9S. The molecule has 1 aliphatic rings. The Labute approximate surface area is 152 Å². The first-order valence-corrected chi connectivity index (χ1v) is 9.43. The highest BCUT2D eigenvalue weighted by Crippen LogP contribution is 2.46. The predicted molar refractivity (Wildman–Crippen MR) is 86.1 cm³/mol. The minimum Gasteiger partial charge on any atom is -0.463 e.